The summed E-state index contributed by atoms with van der Waals surface area (Å²) in [6, 6.07) is 7.40. The van der Waals surface area contributed by atoms with Gasteiger partial charge in [0.15, 0.2) is 0 Å². The maximum absolute atomic E-state index is 10.0. The number of hydrogen-bond donors (Lipinski definition) is 2. The predicted octanol–water partition coefficient (Wildman–Crippen LogP) is 2.53. The van der Waals surface area contributed by atoms with Crippen molar-refractivity contribution in [3.05, 3.63) is 34.9 Å². The van der Waals surface area contributed by atoms with Crippen LogP contribution in [0.4, 0.5) is 0 Å². The Labute approximate surface area is 113 Å². The maximum Gasteiger partial charge on any atom is 0.0928 e. The minimum Gasteiger partial charge on any atom is -0.387 e. The molecule has 0 spiro atoms. The number of ether oxygens (including phenoxy) is 1. The van der Waals surface area contributed by atoms with E-state index in [-0.39, 0.29) is 0 Å². The summed E-state index contributed by atoms with van der Waals surface area (Å²) in [6.45, 7) is 2.29. The SMILES string of the molecule is OC(CNCCC1CCCO1)c1ccccc1Cl. The molecule has 1 saturated heterocycles. The van der Waals surface area contributed by atoms with Crippen molar-refractivity contribution in [3.63, 3.8) is 0 Å². The van der Waals surface area contributed by atoms with Crippen LogP contribution in [0, 0.1) is 0 Å². The average Bonchev–Trinajstić information content (AvgIpc) is 2.88. The molecule has 0 radical (unpaired) electrons. The van der Waals surface area contributed by atoms with Gasteiger partial charge >= 0.3 is 0 Å². The quantitative estimate of drug-likeness (QED) is 0.780. The molecule has 1 aliphatic heterocycles. The molecule has 2 N–H and O–H groups in total. The van der Waals surface area contributed by atoms with Gasteiger partial charge < -0.3 is 15.2 Å². The number of hydrogen-bond acceptors (Lipinski definition) is 3. The first-order valence-corrected chi connectivity index (χ1v) is 6.90. The third-order valence-corrected chi connectivity index (χ3v) is 3.61. The molecule has 1 aliphatic rings. The van der Waals surface area contributed by atoms with E-state index < -0.39 is 6.10 Å². The molecule has 1 fully saturated rings. The zero-order chi connectivity index (χ0) is 12.8. The van der Waals surface area contributed by atoms with Crippen molar-refractivity contribution in [1.29, 1.82) is 0 Å². The Morgan fingerprint density at radius 1 is 1.44 bits per heavy atom. The molecule has 0 amide bonds. The van der Waals surface area contributed by atoms with Gasteiger partial charge in [0, 0.05) is 23.7 Å². The van der Waals surface area contributed by atoms with Crippen LogP contribution in [-0.2, 0) is 4.74 Å². The Kier molecular flexibility index (Phi) is 5.45. The molecular formula is C14H20ClNO2. The molecule has 2 atom stereocenters. The minimum atomic E-state index is -0.553. The van der Waals surface area contributed by atoms with E-state index in [0.717, 1.165) is 31.6 Å². The first kappa shape index (κ1) is 13.8. The molecule has 3 nitrogen and oxygen atoms in total. The lowest BCUT2D eigenvalue weighted by Gasteiger charge is -2.15. The summed E-state index contributed by atoms with van der Waals surface area (Å²) >= 11 is 6.03. The van der Waals surface area contributed by atoms with E-state index in [1.807, 2.05) is 18.2 Å². The zero-order valence-corrected chi connectivity index (χ0v) is 11.2. The number of nitrogens with one attached hydrogen (secondary N) is 1. The van der Waals surface area contributed by atoms with Gasteiger partial charge in [-0.2, -0.15) is 0 Å². The lowest BCUT2D eigenvalue weighted by Crippen LogP contribution is -2.25. The number of halogens is 1. The fourth-order valence-corrected chi connectivity index (χ4v) is 2.49. The molecule has 2 rings (SSSR count). The first-order chi connectivity index (χ1) is 8.77. The molecule has 1 aromatic carbocycles. The molecule has 0 aliphatic carbocycles. The summed E-state index contributed by atoms with van der Waals surface area (Å²) in [5.41, 5.74) is 0.781. The first-order valence-electron chi connectivity index (χ1n) is 6.52. The van der Waals surface area contributed by atoms with Crippen LogP contribution in [-0.4, -0.2) is 30.9 Å². The highest BCUT2D eigenvalue weighted by Gasteiger charge is 2.15. The Morgan fingerprint density at radius 3 is 3.00 bits per heavy atom. The Morgan fingerprint density at radius 2 is 2.28 bits per heavy atom. The molecule has 100 valence electrons. The van der Waals surface area contributed by atoms with E-state index in [9.17, 15) is 5.11 Å². The fourth-order valence-electron chi connectivity index (χ4n) is 2.23. The number of benzene rings is 1. The molecule has 2 unspecified atom stereocenters. The predicted molar refractivity (Wildman–Crippen MR) is 72.9 cm³/mol. The minimum absolute atomic E-state index is 0.398. The largest absolute Gasteiger partial charge is 0.387 e. The second-order valence-corrected chi connectivity index (χ2v) is 5.07. The van der Waals surface area contributed by atoms with Crippen LogP contribution in [0.3, 0.4) is 0 Å². The summed E-state index contributed by atoms with van der Waals surface area (Å²) in [5.74, 6) is 0. The molecule has 0 bridgehead atoms. The van der Waals surface area contributed by atoms with Crippen LogP contribution >= 0.6 is 11.6 Å². The molecule has 18 heavy (non-hydrogen) atoms. The Balaban J connectivity index is 1.68. The molecular weight excluding hydrogens is 250 g/mol. The normalized spacial score (nSPS) is 21.1. The van der Waals surface area contributed by atoms with E-state index in [0.29, 0.717) is 17.7 Å². The number of rotatable bonds is 6. The van der Waals surface area contributed by atoms with Gasteiger partial charge in [0.1, 0.15) is 0 Å². The van der Waals surface area contributed by atoms with Crippen molar-refractivity contribution in [3.8, 4) is 0 Å². The lowest BCUT2D eigenvalue weighted by atomic mass is 10.1. The lowest BCUT2D eigenvalue weighted by molar-refractivity contribution is 0.102. The van der Waals surface area contributed by atoms with Gasteiger partial charge in [-0.25, -0.2) is 0 Å². The number of aliphatic hydroxyl groups is 1. The van der Waals surface area contributed by atoms with Gasteiger partial charge in [0.2, 0.25) is 0 Å². The highest BCUT2D eigenvalue weighted by molar-refractivity contribution is 6.31. The number of aliphatic hydroxyl groups excluding tert-OH is 1. The molecule has 0 aromatic heterocycles. The smallest absolute Gasteiger partial charge is 0.0928 e. The van der Waals surface area contributed by atoms with E-state index in [2.05, 4.69) is 5.32 Å². The second kappa shape index (κ2) is 7.10. The summed E-state index contributed by atoms with van der Waals surface area (Å²) in [5, 5.41) is 13.9. The Hall–Kier alpha value is -0.610. The van der Waals surface area contributed by atoms with E-state index in [4.69, 9.17) is 16.3 Å². The molecule has 0 saturated carbocycles. The van der Waals surface area contributed by atoms with Crippen molar-refractivity contribution >= 4 is 11.6 Å². The summed E-state index contributed by atoms with van der Waals surface area (Å²) in [7, 11) is 0. The van der Waals surface area contributed by atoms with Gasteiger partial charge in [-0.3, -0.25) is 0 Å². The summed E-state index contributed by atoms with van der Waals surface area (Å²) in [6.07, 6.45) is 3.19. The van der Waals surface area contributed by atoms with Crippen molar-refractivity contribution in [1.82, 2.24) is 5.32 Å². The van der Waals surface area contributed by atoms with Crippen molar-refractivity contribution in [2.24, 2.45) is 0 Å². The van der Waals surface area contributed by atoms with Crippen LogP contribution < -0.4 is 5.32 Å². The second-order valence-electron chi connectivity index (χ2n) is 4.67. The summed E-state index contributed by atoms with van der Waals surface area (Å²) in [4.78, 5) is 0. The van der Waals surface area contributed by atoms with Crippen LogP contribution in [0.1, 0.15) is 30.9 Å². The van der Waals surface area contributed by atoms with E-state index >= 15 is 0 Å². The zero-order valence-electron chi connectivity index (χ0n) is 10.4. The third kappa shape index (κ3) is 3.95. The third-order valence-electron chi connectivity index (χ3n) is 3.27. The molecule has 4 heteroatoms. The standard InChI is InChI=1S/C14H20ClNO2/c15-13-6-2-1-5-12(13)14(17)10-16-8-7-11-4-3-9-18-11/h1-2,5-6,11,14,16-17H,3-4,7-10H2. The Bertz CT molecular complexity index is 367. The monoisotopic (exact) mass is 269 g/mol. The van der Waals surface area contributed by atoms with Crippen LogP contribution in [0.2, 0.25) is 5.02 Å². The van der Waals surface area contributed by atoms with Crippen LogP contribution in [0.5, 0.6) is 0 Å². The van der Waals surface area contributed by atoms with Crippen LogP contribution in [0.25, 0.3) is 0 Å². The molecule has 1 aromatic rings. The van der Waals surface area contributed by atoms with Gasteiger partial charge in [-0.15, -0.1) is 0 Å². The van der Waals surface area contributed by atoms with Gasteiger partial charge in [0.25, 0.3) is 0 Å². The fraction of sp³-hybridized carbons (Fsp3) is 0.571. The van der Waals surface area contributed by atoms with Crippen molar-refractivity contribution in [2.45, 2.75) is 31.5 Å². The van der Waals surface area contributed by atoms with Gasteiger partial charge in [-0.1, -0.05) is 29.8 Å². The van der Waals surface area contributed by atoms with Gasteiger partial charge in [-0.05, 0) is 31.9 Å². The molecule has 1 heterocycles. The topological polar surface area (TPSA) is 41.5 Å². The van der Waals surface area contributed by atoms with Crippen LogP contribution in [0.15, 0.2) is 24.3 Å². The van der Waals surface area contributed by atoms with Gasteiger partial charge in [0.05, 0.1) is 12.2 Å². The van der Waals surface area contributed by atoms with E-state index in [1.54, 1.807) is 6.07 Å². The van der Waals surface area contributed by atoms with Crippen molar-refractivity contribution in [2.75, 3.05) is 19.7 Å². The van der Waals surface area contributed by atoms with E-state index in [1.165, 1.54) is 6.42 Å². The van der Waals surface area contributed by atoms with Crippen molar-refractivity contribution < 1.29 is 9.84 Å². The highest BCUT2D eigenvalue weighted by Crippen LogP contribution is 2.22. The summed E-state index contributed by atoms with van der Waals surface area (Å²) < 4.78 is 5.54. The average molecular weight is 270 g/mol. The highest BCUT2D eigenvalue weighted by atomic mass is 35.5. The maximum atomic E-state index is 10.0.